The molecule has 3 heteroatoms. The fraction of sp³-hybridized carbons (Fsp3) is 0.368. The number of carbonyl (C=O) groups excluding carboxylic acids is 1. The predicted octanol–water partition coefficient (Wildman–Crippen LogP) is 4.32. The molecule has 0 saturated carbocycles. The standard InChI is InChI=1S/C19H22N2O/c1-12(2)17-18(14-8-5-4-6-9-14)21-16-11-7-10-15(16)19(17)20-13(3)22/h4-6,8-9,12H,7,10-11H2,1-3H3,(H,20,21,22). The fourth-order valence-electron chi connectivity index (χ4n) is 3.29. The van der Waals surface area contributed by atoms with Crippen molar-refractivity contribution in [1.82, 2.24) is 4.98 Å². The Bertz CT molecular complexity index is 705. The Kier molecular flexibility index (Phi) is 3.97. The molecule has 1 N–H and O–H groups in total. The monoisotopic (exact) mass is 294 g/mol. The van der Waals surface area contributed by atoms with Crippen molar-refractivity contribution in [2.75, 3.05) is 5.32 Å². The maximum atomic E-state index is 11.7. The number of aryl methyl sites for hydroxylation is 1. The van der Waals surface area contributed by atoms with E-state index in [0.717, 1.165) is 47.5 Å². The Labute approximate surface area is 131 Å². The molecule has 3 rings (SSSR count). The first-order chi connectivity index (χ1) is 10.6. The lowest BCUT2D eigenvalue weighted by Crippen LogP contribution is -2.14. The van der Waals surface area contributed by atoms with Crippen molar-refractivity contribution < 1.29 is 4.79 Å². The van der Waals surface area contributed by atoms with Gasteiger partial charge < -0.3 is 5.32 Å². The number of rotatable bonds is 3. The first kappa shape index (κ1) is 14.8. The summed E-state index contributed by atoms with van der Waals surface area (Å²) in [4.78, 5) is 16.7. The Morgan fingerprint density at radius 3 is 2.55 bits per heavy atom. The number of pyridine rings is 1. The van der Waals surface area contributed by atoms with Gasteiger partial charge >= 0.3 is 0 Å². The number of aromatic nitrogens is 1. The highest BCUT2D eigenvalue weighted by atomic mass is 16.1. The molecule has 0 radical (unpaired) electrons. The molecule has 0 spiro atoms. The van der Waals surface area contributed by atoms with Gasteiger partial charge in [0.2, 0.25) is 5.91 Å². The summed E-state index contributed by atoms with van der Waals surface area (Å²) in [5, 5.41) is 3.09. The quantitative estimate of drug-likeness (QED) is 0.916. The van der Waals surface area contributed by atoms with Gasteiger partial charge in [-0.15, -0.1) is 0 Å². The minimum absolute atomic E-state index is 0.0128. The normalized spacial score (nSPS) is 13.3. The van der Waals surface area contributed by atoms with E-state index >= 15 is 0 Å². The summed E-state index contributed by atoms with van der Waals surface area (Å²) < 4.78 is 0. The number of anilines is 1. The van der Waals surface area contributed by atoms with Crippen molar-refractivity contribution in [3.05, 3.63) is 47.2 Å². The molecule has 0 bridgehead atoms. The van der Waals surface area contributed by atoms with E-state index in [2.05, 4.69) is 31.3 Å². The van der Waals surface area contributed by atoms with Crippen LogP contribution in [0.2, 0.25) is 0 Å². The number of fused-ring (bicyclic) bond motifs is 1. The molecule has 114 valence electrons. The average molecular weight is 294 g/mol. The summed E-state index contributed by atoms with van der Waals surface area (Å²) in [5.74, 6) is 0.289. The van der Waals surface area contributed by atoms with Crippen LogP contribution in [0, 0.1) is 0 Å². The van der Waals surface area contributed by atoms with E-state index in [-0.39, 0.29) is 5.91 Å². The molecule has 22 heavy (non-hydrogen) atoms. The van der Waals surface area contributed by atoms with Crippen LogP contribution >= 0.6 is 0 Å². The highest BCUT2D eigenvalue weighted by molar-refractivity contribution is 5.92. The number of hydrogen-bond acceptors (Lipinski definition) is 2. The van der Waals surface area contributed by atoms with Gasteiger partial charge in [-0.25, -0.2) is 0 Å². The largest absolute Gasteiger partial charge is 0.326 e. The number of carbonyl (C=O) groups is 1. The number of hydrogen-bond donors (Lipinski definition) is 1. The van der Waals surface area contributed by atoms with Crippen LogP contribution in [0.3, 0.4) is 0 Å². The van der Waals surface area contributed by atoms with Gasteiger partial charge in [0.25, 0.3) is 0 Å². The van der Waals surface area contributed by atoms with Gasteiger partial charge in [-0.05, 0) is 30.7 Å². The van der Waals surface area contributed by atoms with E-state index < -0.39 is 0 Å². The van der Waals surface area contributed by atoms with E-state index in [1.165, 1.54) is 5.56 Å². The van der Waals surface area contributed by atoms with Crippen LogP contribution in [0.25, 0.3) is 11.3 Å². The molecule has 0 unspecified atom stereocenters. The Morgan fingerprint density at radius 1 is 1.18 bits per heavy atom. The number of nitrogens with zero attached hydrogens (tertiary/aromatic N) is 1. The third-order valence-electron chi connectivity index (χ3n) is 4.19. The second-order valence-corrected chi connectivity index (χ2v) is 6.23. The first-order valence-electron chi connectivity index (χ1n) is 7.96. The van der Waals surface area contributed by atoms with Gasteiger partial charge in [0, 0.05) is 23.7 Å². The van der Waals surface area contributed by atoms with Crippen molar-refractivity contribution in [2.24, 2.45) is 0 Å². The molecule has 1 aliphatic carbocycles. The fourth-order valence-corrected chi connectivity index (χ4v) is 3.29. The Hall–Kier alpha value is -2.16. The molecular weight excluding hydrogens is 272 g/mol. The van der Waals surface area contributed by atoms with Crippen molar-refractivity contribution in [1.29, 1.82) is 0 Å². The molecular formula is C19H22N2O. The van der Waals surface area contributed by atoms with Gasteiger partial charge in [-0.2, -0.15) is 0 Å². The van der Waals surface area contributed by atoms with Crippen LogP contribution in [-0.2, 0) is 17.6 Å². The highest BCUT2D eigenvalue weighted by Crippen LogP contribution is 2.40. The van der Waals surface area contributed by atoms with E-state index in [0.29, 0.717) is 5.92 Å². The molecule has 2 aromatic rings. The summed E-state index contributed by atoms with van der Waals surface area (Å²) in [5.41, 5.74) is 6.67. The van der Waals surface area contributed by atoms with Crippen molar-refractivity contribution in [3.8, 4) is 11.3 Å². The minimum Gasteiger partial charge on any atom is -0.326 e. The van der Waals surface area contributed by atoms with Gasteiger partial charge in [0.05, 0.1) is 11.4 Å². The Morgan fingerprint density at radius 2 is 1.91 bits per heavy atom. The topological polar surface area (TPSA) is 42.0 Å². The molecule has 1 amide bonds. The lowest BCUT2D eigenvalue weighted by molar-refractivity contribution is -0.114. The molecule has 0 fully saturated rings. The summed E-state index contributed by atoms with van der Waals surface area (Å²) in [6.07, 6.45) is 3.12. The maximum Gasteiger partial charge on any atom is 0.221 e. The molecule has 0 aliphatic heterocycles. The predicted molar refractivity (Wildman–Crippen MR) is 90.1 cm³/mol. The van der Waals surface area contributed by atoms with Crippen LogP contribution in [0.5, 0.6) is 0 Å². The zero-order valence-corrected chi connectivity index (χ0v) is 13.4. The van der Waals surface area contributed by atoms with Gasteiger partial charge in [-0.1, -0.05) is 44.2 Å². The Balaban J connectivity index is 2.28. The SMILES string of the molecule is CC(=O)Nc1c2c(nc(-c3ccccc3)c1C(C)C)CCC2. The maximum absolute atomic E-state index is 11.7. The van der Waals surface area contributed by atoms with Gasteiger partial charge in [0.1, 0.15) is 0 Å². The zero-order valence-electron chi connectivity index (χ0n) is 13.4. The smallest absolute Gasteiger partial charge is 0.221 e. The molecule has 0 atom stereocenters. The molecule has 1 heterocycles. The third-order valence-corrected chi connectivity index (χ3v) is 4.19. The molecule has 1 aromatic heterocycles. The number of amides is 1. The second-order valence-electron chi connectivity index (χ2n) is 6.23. The van der Waals surface area contributed by atoms with Gasteiger partial charge in [-0.3, -0.25) is 9.78 Å². The lowest BCUT2D eigenvalue weighted by atomic mass is 9.92. The van der Waals surface area contributed by atoms with E-state index in [9.17, 15) is 4.79 Å². The molecule has 0 saturated heterocycles. The summed E-state index contributed by atoms with van der Waals surface area (Å²) >= 11 is 0. The van der Waals surface area contributed by atoms with Crippen molar-refractivity contribution in [2.45, 2.75) is 46.0 Å². The van der Waals surface area contributed by atoms with Crippen LogP contribution in [0.4, 0.5) is 5.69 Å². The lowest BCUT2D eigenvalue weighted by Gasteiger charge is -2.21. The summed E-state index contributed by atoms with van der Waals surface area (Å²) in [6, 6.07) is 10.3. The summed E-state index contributed by atoms with van der Waals surface area (Å²) in [6.45, 7) is 5.90. The van der Waals surface area contributed by atoms with Crippen LogP contribution < -0.4 is 5.32 Å². The first-order valence-corrected chi connectivity index (χ1v) is 7.96. The molecule has 1 aliphatic rings. The van der Waals surface area contributed by atoms with E-state index in [4.69, 9.17) is 4.98 Å². The third kappa shape index (κ3) is 2.63. The minimum atomic E-state index is -0.0128. The van der Waals surface area contributed by atoms with Crippen LogP contribution in [0.1, 0.15) is 49.9 Å². The van der Waals surface area contributed by atoms with Crippen LogP contribution in [0.15, 0.2) is 30.3 Å². The molecule has 3 nitrogen and oxygen atoms in total. The average Bonchev–Trinajstić information content (AvgIpc) is 2.95. The molecule has 1 aromatic carbocycles. The van der Waals surface area contributed by atoms with Crippen molar-refractivity contribution in [3.63, 3.8) is 0 Å². The van der Waals surface area contributed by atoms with Gasteiger partial charge in [0.15, 0.2) is 0 Å². The van der Waals surface area contributed by atoms with E-state index in [1.807, 2.05) is 18.2 Å². The highest BCUT2D eigenvalue weighted by Gasteiger charge is 2.25. The number of benzene rings is 1. The van der Waals surface area contributed by atoms with Crippen molar-refractivity contribution >= 4 is 11.6 Å². The zero-order chi connectivity index (χ0) is 15.7. The van der Waals surface area contributed by atoms with E-state index in [1.54, 1.807) is 6.92 Å². The van der Waals surface area contributed by atoms with Crippen LogP contribution in [-0.4, -0.2) is 10.9 Å². The summed E-state index contributed by atoms with van der Waals surface area (Å²) in [7, 11) is 0. The second kappa shape index (κ2) is 5.91. The number of nitrogens with one attached hydrogen (secondary N) is 1.